The predicted molar refractivity (Wildman–Crippen MR) is 61.7 cm³/mol. The fourth-order valence-electron chi connectivity index (χ4n) is 1.53. The van der Waals surface area contributed by atoms with Crippen LogP contribution in [0.15, 0.2) is 30.3 Å². The molecule has 1 rings (SSSR count). The molecule has 84 valence electrons. The number of rotatable bonds is 6. The number of hydrogen-bond acceptors (Lipinski definition) is 2. The highest BCUT2D eigenvalue weighted by Gasteiger charge is 2.11. The summed E-state index contributed by atoms with van der Waals surface area (Å²) in [5, 5.41) is 9.19. The first-order valence-electron chi connectivity index (χ1n) is 5.58. The molecule has 0 bridgehead atoms. The molecule has 2 heteroatoms. The molecule has 0 fully saturated rings. The van der Waals surface area contributed by atoms with E-state index in [1.54, 1.807) is 6.92 Å². The Morgan fingerprint density at radius 2 is 1.93 bits per heavy atom. The van der Waals surface area contributed by atoms with Crippen LogP contribution in [0.1, 0.15) is 38.4 Å². The summed E-state index contributed by atoms with van der Waals surface area (Å²) >= 11 is 0. The third-order valence-electron chi connectivity index (χ3n) is 2.26. The van der Waals surface area contributed by atoms with Crippen LogP contribution in [0.5, 0.6) is 0 Å². The number of ether oxygens (including phenoxy) is 1. The van der Waals surface area contributed by atoms with Crippen LogP contribution in [0.4, 0.5) is 0 Å². The highest BCUT2D eigenvalue weighted by molar-refractivity contribution is 5.17. The normalized spacial score (nSPS) is 14.9. The van der Waals surface area contributed by atoms with Crippen LogP contribution in [0, 0.1) is 0 Å². The van der Waals surface area contributed by atoms with Crippen molar-refractivity contribution in [1.82, 2.24) is 0 Å². The molecule has 0 radical (unpaired) electrons. The van der Waals surface area contributed by atoms with Gasteiger partial charge in [-0.15, -0.1) is 0 Å². The van der Waals surface area contributed by atoms with Gasteiger partial charge in [-0.05, 0) is 18.9 Å². The van der Waals surface area contributed by atoms with Crippen molar-refractivity contribution >= 4 is 0 Å². The van der Waals surface area contributed by atoms with E-state index in [4.69, 9.17) is 4.74 Å². The van der Waals surface area contributed by atoms with E-state index in [0.29, 0.717) is 6.61 Å². The first kappa shape index (κ1) is 12.2. The lowest BCUT2D eigenvalue weighted by Gasteiger charge is -2.18. The summed E-state index contributed by atoms with van der Waals surface area (Å²) in [6.45, 7) is 4.29. The summed E-state index contributed by atoms with van der Waals surface area (Å²) in [6.07, 6.45) is 1.80. The standard InChI is InChI=1S/C13H20O2/c1-3-7-13(15-10-11(2)14)12-8-5-4-6-9-12/h4-6,8-9,11,13-14H,3,7,10H2,1-2H3. The Morgan fingerprint density at radius 1 is 1.27 bits per heavy atom. The largest absolute Gasteiger partial charge is 0.391 e. The van der Waals surface area contributed by atoms with Crippen molar-refractivity contribution < 1.29 is 9.84 Å². The molecule has 15 heavy (non-hydrogen) atoms. The number of hydrogen-bond donors (Lipinski definition) is 1. The Balaban J connectivity index is 2.57. The molecule has 0 aliphatic carbocycles. The lowest BCUT2D eigenvalue weighted by atomic mass is 10.1. The van der Waals surface area contributed by atoms with Gasteiger partial charge in [-0.1, -0.05) is 43.7 Å². The molecule has 0 heterocycles. The van der Waals surface area contributed by atoms with Crippen LogP contribution in [0.3, 0.4) is 0 Å². The van der Waals surface area contributed by atoms with Gasteiger partial charge in [0.15, 0.2) is 0 Å². The number of aliphatic hydroxyl groups excluding tert-OH is 1. The minimum absolute atomic E-state index is 0.116. The van der Waals surface area contributed by atoms with Crippen LogP contribution in [0.25, 0.3) is 0 Å². The zero-order valence-electron chi connectivity index (χ0n) is 9.52. The summed E-state index contributed by atoms with van der Waals surface area (Å²) < 4.78 is 5.68. The van der Waals surface area contributed by atoms with E-state index < -0.39 is 6.10 Å². The molecular formula is C13H20O2. The van der Waals surface area contributed by atoms with Crippen LogP contribution in [-0.2, 0) is 4.74 Å². The highest BCUT2D eigenvalue weighted by atomic mass is 16.5. The Morgan fingerprint density at radius 3 is 2.47 bits per heavy atom. The second-order valence-electron chi connectivity index (χ2n) is 3.87. The van der Waals surface area contributed by atoms with Gasteiger partial charge in [0.25, 0.3) is 0 Å². The lowest BCUT2D eigenvalue weighted by Crippen LogP contribution is -2.14. The second-order valence-corrected chi connectivity index (χ2v) is 3.87. The third-order valence-corrected chi connectivity index (χ3v) is 2.26. The van der Waals surface area contributed by atoms with Gasteiger partial charge in [0.05, 0.1) is 18.8 Å². The quantitative estimate of drug-likeness (QED) is 0.779. The molecule has 1 aromatic rings. The topological polar surface area (TPSA) is 29.5 Å². The zero-order valence-corrected chi connectivity index (χ0v) is 9.52. The van der Waals surface area contributed by atoms with Crippen molar-refractivity contribution in [3.63, 3.8) is 0 Å². The van der Waals surface area contributed by atoms with Gasteiger partial charge in [0, 0.05) is 0 Å². The van der Waals surface area contributed by atoms with Gasteiger partial charge in [0.1, 0.15) is 0 Å². The van der Waals surface area contributed by atoms with E-state index >= 15 is 0 Å². The van der Waals surface area contributed by atoms with Gasteiger partial charge in [-0.25, -0.2) is 0 Å². The summed E-state index contributed by atoms with van der Waals surface area (Å²) in [4.78, 5) is 0. The summed E-state index contributed by atoms with van der Waals surface area (Å²) in [5.41, 5.74) is 1.19. The molecule has 0 saturated carbocycles. The van der Waals surface area contributed by atoms with Crippen LogP contribution >= 0.6 is 0 Å². The van der Waals surface area contributed by atoms with Crippen LogP contribution in [0.2, 0.25) is 0 Å². The molecular weight excluding hydrogens is 188 g/mol. The molecule has 0 amide bonds. The van der Waals surface area contributed by atoms with Crippen molar-refractivity contribution in [2.75, 3.05) is 6.61 Å². The van der Waals surface area contributed by atoms with Crippen molar-refractivity contribution in [3.8, 4) is 0 Å². The fourth-order valence-corrected chi connectivity index (χ4v) is 1.53. The molecule has 0 aromatic heterocycles. The molecule has 2 atom stereocenters. The Kier molecular flexibility index (Phi) is 5.37. The number of benzene rings is 1. The Hall–Kier alpha value is -0.860. The monoisotopic (exact) mass is 208 g/mol. The summed E-state index contributed by atoms with van der Waals surface area (Å²) in [7, 11) is 0. The highest BCUT2D eigenvalue weighted by Crippen LogP contribution is 2.22. The molecule has 0 aliphatic rings. The van der Waals surface area contributed by atoms with E-state index in [0.717, 1.165) is 12.8 Å². The van der Waals surface area contributed by atoms with Crippen molar-refractivity contribution in [2.45, 2.75) is 38.9 Å². The number of aliphatic hydroxyl groups is 1. The molecule has 0 aliphatic heterocycles. The van der Waals surface area contributed by atoms with Gasteiger partial charge in [-0.3, -0.25) is 0 Å². The van der Waals surface area contributed by atoms with Gasteiger partial charge in [0.2, 0.25) is 0 Å². The van der Waals surface area contributed by atoms with E-state index in [1.165, 1.54) is 5.56 Å². The maximum atomic E-state index is 9.19. The molecule has 0 saturated heterocycles. The first-order valence-corrected chi connectivity index (χ1v) is 5.58. The van der Waals surface area contributed by atoms with Crippen molar-refractivity contribution in [3.05, 3.63) is 35.9 Å². The van der Waals surface area contributed by atoms with Gasteiger partial charge < -0.3 is 9.84 Å². The maximum Gasteiger partial charge on any atom is 0.0826 e. The SMILES string of the molecule is CCCC(OCC(C)O)c1ccccc1. The average molecular weight is 208 g/mol. The maximum absolute atomic E-state index is 9.19. The minimum atomic E-state index is -0.395. The second kappa shape index (κ2) is 6.59. The molecule has 1 N–H and O–H groups in total. The first-order chi connectivity index (χ1) is 7.24. The Labute approximate surface area is 91.9 Å². The Bertz CT molecular complexity index is 256. The molecule has 2 nitrogen and oxygen atoms in total. The average Bonchev–Trinajstić information content (AvgIpc) is 2.25. The van der Waals surface area contributed by atoms with Gasteiger partial charge in [-0.2, -0.15) is 0 Å². The summed E-state index contributed by atoms with van der Waals surface area (Å²) in [5.74, 6) is 0. The fraction of sp³-hybridized carbons (Fsp3) is 0.538. The van der Waals surface area contributed by atoms with E-state index in [9.17, 15) is 5.11 Å². The molecule has 1 aromatic carbocycles. The van der Waals surface area contributed by atoms with Crippen LogP contribution < -0.4 is 0 Å². The lowest BCUT2D eigenvalue weighted by molar-refractivity contribution is -0.00781. The summed E-state index contributed by atoms with van der Waals surface area (Å²) in [6, 6.07) is 10.2. The minimum Gasteiger partial charge on any atom is -0.391 e. The van der Waals surface area contributed by atoms with Crippen LogP contribution in [-0.4, -0.2) is 17.8 Å². The van der Waals surface area contributed by atoms with Crippen molar-refractivity contribution in [2.24, 2.45) is 0 Å². The zero-order chi connectivity index (χ0) is 11.1. The molecule has 2 unspecified atom stereocenters. The predicted octanol–water partition coefficient (Wildman–Crippen LogP) is 2.93. The van der Waals surface area contributed by atoms with Gasteiger partial charge >= 0.3 is 0 Å². The van der Waals surface area contributed by atoms with E-state index in [-0.39, 0.29) is 6.10 Å². The molecule has 0 spiro atoms. The third kappa shape index (κ3) is 4.45. The van der Waals surface area contributed by atoms with E-state index in [2.05, 4.69) is 19.1 Å². The van der Waals surface area contributed by atoms with Crippen molar-refractivity contribution in [1.29, 1.82) is 0 Å². The smallest absolute Gasteiger partial charge is 0.0826 e. The van der Waals surface area contributed by atoms with E-state index in [1.807, 2.05) is 18.2 Å².